The van der Waals surface area contributed by atoms with E-state index >= 15 is 0 Å². The van der Waals surface area contributed by atoms with Crippen LogP contribution >= 0.6 is 11.8 Å². The van der Waals surface area contributed by atoms with Crippen LogP contribution in [0.25, 0.3) is 0 Å². The topological polar surface area (TPSA) is 40.5 Å². The second-order valence-corrected chi connectivity index (χ2v) is 3.55. The summed E-state index contributed by atoms with van der Waals surface area (Å²) in [5, 5.41) is 18.2. The highest BCUT2D eigenvalue weighted by Crippen LogP contribution is 2.16. The second-order valence-electron chi connectivity index (χ2n) is 2.32. The number of aliphatic hydroxyl groups is 2. The molecule has 1 aliphatic heterocycles. The molecular formula is C6H12O2S. The number of aliphatic hydroxyl groups excluding tert-OH is 2. The summed E-state index contributed by atoms with van der Waals surface area (Å²) in [5.74, 6) is 1.97. The van der Waals surface area contributed by atoms with Gasteiger partial charge in [-0.05, 0) is 24.3 Å². The molecule has 0 amide bonds. The zero-order chi connectivity index (χ0) is 6.69. The Kier molecular flexibility index (Phi) is 2.82. The van der Waals surface area contributed by atoms with E-state index in [1.165, 1.54) is 0 Å². The zero-order valence-electron chi connectivity index (χ0n) is 5.29. The average Bonchev–Trinajstić information content (AvgIpc) is 1.99. The fourth-order valence-corrected chi connectivity index (χ4v) is 1.92. The Labute approximate surface area is 59.3 Å². The molecule has 0 unspecified atom stereocenters. The van der Waals surface area contributed by atoms with Crippen LogP contribution in [0.15, 0.2) is 0 Å². The molecule has 0 bridgehead atoms. The van der Waals surface area contributed by atoms with E-state index in [4.69, 9.17) is 10.2 Å². The highest BCUT2D eigenvalue weighted by Gasteiger charge is 2.18. The predicted molar refractivity (Wildman–Crippen MR) is 38.6 cm³/mol. The van der Waals surface area contributed by atoms with E-state index in [1.807, 2.05) is 0 Å². The Balaban J connectivity index is 2.32. The third kappa shape index (κ3) is 2.16. The van der Waals surface area contributed by atoms with Crippen LogP contribution in [0.3, 0.4) is 0 Å². The Bertz CT molecular complexity index is 77.1. The summed E-state index contributed by atoms with van der Waals surface area (Å²) in [7, 11) is 0. The van der Waals surface area contributed by atoms with Crippen molar-refractivity contribution in [3.05, 3.63) is 0 Å². The Morgan fingerprint density at radius 3 is 1.89 bits per heavy atom. The third-order valence-electron chi connectivity index (χ3n) is 1.56. The molecule has 0 aromatic rings. The largest absolute Gasteiger partial charge is 0.390 e. The van der Waals surface area contributed by atoms with Gasteiger partial charge in [0.2, 0.25) is 0 Å². The molecule has 2 atom stereocenters. The van der Waals surface area contributed by atoms with Gasteiger partial charge in [-0.15, -0.1) is 0 Å². The van der Waals surface area contributed by atoms with Crippen LogP contribution in [0.5, 0.6) is 0 Å². The molecule has 0 aromatic carbocycles. The van der Waals surface area contributed by atoms with Crippen molar-refractivity contribution in [1.82, 2.24) is 0 Å². The van der Waals surface area contributed by atoms with Crippen molar-refractivity contribution >= 4 is 11.8 Å². The molecule has 1 heterocycles. The molecule has 2 nitrogen and oxygen atoms in total. The highest BCUT2D eigenvalue weighted by atomic mass is 32.2. The standard InChI is InChI=1S/C6H12O2S/c7-5-1-3-9-4-2-6(5)8/h5-8H,1-4H2/t5-,6-/m1/s1. The van der Waals surface area contributed by atoms with Crippen LogP contribution in [-0.4, -0.2) is 33.9 Å². The van der Waals surface area contributed by atoms with Gasteiger partial charge in [-0.2, -0.15) is 11.8 Å². The van der Waals surface area contributed by atoms with Gasteiger partial charge in [-0.1, -0.05) is 0 Å². The van der Waals surface area contributed by atoms with Gasteiger partial charge in [-0.25, -0.2) is 0 Å². The van der Waals surface area contributed by atoms with Crippen molar-refractivity contribution in [3.8, 4) is 0 Å². The SMILES string of the molecule is O[C@@H]1CCSCC[C@H]1O. The van der Waals surface area contributed by atoms with Gasteiger partial charge >= 0.3 is 0 Å². The maximum Gasteiger partial charge on any atom is 0.0807 e. The van der Waals surface area contributed by atoms with Gasteiger partial charge in [0.05, 0.1) is 12.2 Å². The fourth-order valence-electron chi connectivity index (χ4n) is 0.895. The molecule has 9 heavy (non-hydrogen) atoms. The van der Waals surface area contributed by atoms with E-state index in [2.05, 4.69) is 0 Å². The van der Waals surface area contributed by atoms with E-state index in [-0.39, 0.29) is 0 Å². The van der Waals surface area contributed by atoms with Gasteiger partial charge in [0.15, 0.2) is 0 Å². The summed E-state index contributed by atoms with van der Waals surface area (Å²) >= 11 is 1.80. The first kappa shape index (κ1) is 7.38. The predicted octanol–water partition coefficient (Wildman–Crippen LogP) is 0.235. The van der Waals surface area contributed by atoms with Crippen molar-refractivity contribution < 1.29 is 10.2 Å². The van der Waals surface area contributed by atoms with E-state index in [1.54, 1.807) is 11.8 Å². The lowest BCUT2D eigenvalue weighted by Gasteiger charge is -2.11. The van der Waals surface area contributed by atoms with Gasteiger partial charge in [0.25, 0.3) is 0 Å². The lowest BCUT2D eigenvalue weighted by atomic mass is 10.1. The van der Waals surface area contributed by atoms with Gasteiger partial charge in [0.1, 0.15) is 0 Å². The lowest BCUT2D eigenvalue weighted by Crippen LogP contribution is -2.24. The monoisotopic (exact) mass is 148 g/mol. The highest BCUT2D eigenvalue weighted by molar-refractivity contribution is 7.99. The molecular weight excluding hydrogens is 136 g/mol. The van der Waals surface area contributed by atoms with Gasteiger partial charge < -0.3 is 10.2 Å². The number of rotatable bonds is 0. The molecule has 0 aliphatic carbocycles. The molecule has 2 N–H and O–H groups in total. The molecule has 1 aliphatic rings. The molecule has 0 saturated carbocycles. The van der Waals surface area contributed by atoms with Crippen LogP contribution in [-0.2, 0) is 0 Å². The lowest BCUT2D eigenvalue weighted by molar-refractivity contribution is 0.0187. The Hall–Kier alpha value is 0.270. The van der Waals surface area contributed by atoms with Crippen molar-refractivity contribution in [3.63, 3.8) is 0 Å². The molecule has 54 valence electrons. The van der Waals surface area contributed by atoms with E-state index < -0.39 is 12.2 Å². The van der Waals surface area contributed by atoms with Crippen LogP contribution in [0.1, 0.15) is 12.8 Å². The Morgan fingerprint density at radius 1 is 1.00 bits per heavy atom. The molecule has 1 fully saturated rings. The zero-order valence-corrected chi connectivity index (χ0v) is 6.10. The van der Waals surface area contributed by atoms with Gasteiger partial charge in [0, 0.05) is 0 Å². The molecule has 0 spiro atoms. The number of hydrogen-bond acceptors (Lipinski definition) is 3. The molecule has 3 heteroatoms. The van der Waals surface area contributed by atoms with Crippen LogP contribution in [0, 0.1) is 0 Å². The maximum absolute atomic E-state index is 9.09. The average molecular weight is 148 g/mol. The summed E-state index contributed by atoms with van der Waals surface area (Å²) in [4.78, 5) is 0. The maximum atomic E-state index is 9.09. The Morgan fingerprint density at radius 2 is 1.44 bits per heavy atom. The van der Waals surface area contributed by atoms with E-state index in [0.717, 1.165) is 24.3 Å². The van der Waals surface area contributed by atoms with Crippen molar-refractivity contribution in [2.45, 2.75) is 25.0 Å². The summed E-state index contributed by atoms with van der Waals surface area (Å²) in [6.45, 7) is 0. The summed E-state index contributed by atoms with van der Waals surface area (Å²) < 4.78 is 0. The first-order valence-electron chi connectivity index (χ1n) is 3.24. The van der Waals surface area contributed by atoms with Crippen molar-refractivity contribution in [1.29, 1.82) is 0 Å². The minimum Gasteiger partial charge on any atom is -0.390 e. The summed E-state index contributed by atoms with van der Waals surface area (Å²) in [6, 6.07) is 0. The molecule has 1 saturated heterocycles. The third-order valence-corrected chi connectivity index (χ3v) is 2.61. The van der Waals surface area contributed by atoms with E-state index in [0.29, 0.717) is 0 Å². The van der Waals surface area contributed by atoms with Crippen LogP contribution < -0.4 is 0 Å². The summed E-state index contributed by atoms with van der Waals surface area (Å²) in [5.41, 5.74) is 0. The summed E-state index contributed by atoms with van der Waals surface area (Å²) in [6.07, 6.45) is 0.539. The van der Waals surface area contributed by atoms with E-state index in [9.17, 15) is 0 Å². The van der Waals surface area contributed by atoms with Crippen molar-refractivity contribution in [2.75, 3.05) is 11.5 Å². The number of hydrogen-bond donors (Lipinski definition) is 2. The number of thioether (sulfide) groups is 1. The minimum absolute atomic E-state index is 0.472. The smallest absolute Gasteiger partial charge is 0.0807 e. The quantitative estimate of drug-likeness (QED) is 0.517. The first-order valence-corrected chi connectivity index (χ1v) is 4.40. The fraction of sp³-hybridized carbons (Fsp3) is 1.00. The molecule has 1 rings (SSSR count). The molecule has 0 aromatic heterocycles. The van der Waals surface area contributed by atoms with Crippen molar-refractivity contribution in [2.24, 2.45) is 0 Å². The minimum atomic E-state index is -0.472. The van der Waals surface area contributed by atoms with Gasteiger partial charge in [-0.3, -0.25) is 0 Å². The van der Waals surface area contributed by atoms with Crippen LogP contribution in [0.4, 0.5) is 0 Å². The first-order chi connectivity index (χ1) is 4.30. The molecule has 0 radical (unpaired) electrons. The second kappa shape index (κ2) is 3.44. The van der Waals surface area contributed by atoms with Crippen LogP contribution in [0.2, 0.25) is 0 Å². The normalized spacial score (nSPS) is 38.0.